The Kier molecular flexibility index (Phi) is 3.18. The third kappa shape index (κ3) is 2.02. The maximum Gasteiger partial charge on any atom is 0.0863 e. The second kappa shape index (κ2) is 4.52. The smallest absolute Gasteiger partial charge is 0.0863 e. The summed E-state index contributed by atoms with van der Waals surface area (Å²) in [5.74, 6) is 0. The quantitative estimate of drug-likeness (QED) is 0.609. The Morgan fingerprint density at radius 1 is 1.12 bits per heavy atom. The molecule has 0 saturated carbocycles. The molecule has 0 bridgehead atoms. The molecule has 0 amide bonds. The maximum absolute atomic E-state index is 6.52. The number of nitrogens with zero attached hydrogens (tertiary/aromatic N) is 1. The van der Waals surface area contributed by atoms with Crippen LogP contribution < -0.4 is 0 Å². The van der Waals surface area contributed by atoms with Gasteiger partial charge < -0.3 is 0 Å². The molecule has 0 aliphatic heterocycles. The van der Waals surface area contributed by atoms with Gasteiger partial charge >= 0.3 is 0 Å². The lowest BCUT2D eigenvalue weighted by molar-refractivity contribution is 0.671. The Morgan fingerprint density at radius 3 is 2.71 bits per heavy atom. The summed E-state index contributed by atoms with van der Waals surface area (Å²) < 4.78 is 2.02. The number of hydrogen-bond acceptors (Lipinski definition) is 1. The summed E-state index contributed by atoms with van der Waals surface area (Å²) in [6.45, 7) is 0. The van der Waals surface area contributed by atoms with Crippen molar-refractivity contribution < 1.29 is 0 Å². The van der Waals surface area contributed by atoms with Gasteiger partial charge in [0, 0.05) is 20.0 Å². The first-order valence-electron chi connectivity index (χ1n) is 5.63. The van der Waals surface area contributed by atoms with E-state index in [4.69, 9.17) is 16.6 Å². The molecule has 1 nitrogen and oxygen atoms in total. The normalized spacial score (nSPS) is 15.0. The third-order valence-corrected chi connectivity index (χ3v) is 4.71. The molecule has 1 heterocycles. The molecule has 3 rings (SSSR count). The molecule has 1 aliphatic carbocycles. The van der Waals surface area contributed by atoms with Gasteiger partial charge in [0.1, 0.15) is 0 Å². The molecule has 1 aliphatic rings. The number of fused-ring (bicyclic) bond motifs is 2. The van der Waals surface area contributed by atoms with E-state index in [1.807, 2.05) is 12.1 Å². The minimum Gasteiger partial charge on any atom is -0.251 e. The van der Waals surface area contributed by atoms with Gasteiger partial charge in [-0.1, -0.05) is 27.5 Å². The van der Waals surface area contributed by atoms with Crippen LogP contribution in [-0.4, -0.2) is 4.98 Å². The van der Waals surface area contributed by atoms with Crippen LogP contribution in [0.4, 0.5) is 0 Å². The zero-order chi connectivity index (χ0) is 12.0. The number of hydrogen-bond donors (Lipinski definition) is 0. The number of aromatic nitrogens is 1. The predicted octanol–water partition coefficient (Wildman–Crippen LogP) is 5.29. The van der Waals surface area contributed by atoms with E-state index in [0.29, 0.717) is 0 Å². The molecule has 2 aromatic rings. The van der Waals surface area contributed by atoms with Crippen molar-refractivity contribution in [2.75, 3.05) is 0 Å². The summed E-state index contributed by atoms with van der Waals surface area (Å²) in [6.07, 6.45) is 4.54. The molecule has 1 aromatic heterocycles. The highest BCUT2D eigenvalue weighted by Gasteiger charge is 2.18. The van der Waals surface area contributed by atoms with E-state index in [1.54, 1.807) is 0 Å². The van der Waals surface area contributed by atoms with E-state index >= 15 is 0 Å². The summed E-state index contributed by atoms with van der Waals surface area (Å²) in [5, 5.41) is 1.92. The second-order valence-corrected chi connectivity index (χ2v) is 6.49. The van der Waals surface area contributed by atoms with Gasteiger partial charge in [0.2, 0.25) is 0 Å². The Hall–Kier alpha value is -0.120. The van der Waals surface area contributed by atoms with Crippen molar-refractivity contribution in [1.29, 1.82) is 0 Å². The first kappa shape index (κ1) is 11.9. The molecule has 0 spiro atoms. The minimum atomic E-state index is 0.881. The highest BCUT2D eigenvalue weighted by atomic mass is 79.9. The predicted molar refractivity (Wildman–Crippen MR) is 78.8 cm³/mol. The molecule has 4 heteroatoms. The fraction of sp³-hybridized carbons (Fsp3) is 0.308. The zero-order valence-corrected chi connectivity index (χ0v) is 13.0. The average Bonchev–Trinajstić information content (AvgIpc) is 2.31. The van der Waals surface area contributed by atoms with Gasteiger partial charge in [-0.05, 0) is 59.3 Å². The number of aryl methyl sites for hydroxylation is 1. The second-order valence-electron chi connectivity index (χ2n) is 4.34. The minimum absolute atomic E-state index is 0.881. The van der Waals surface area contributed by atoms with Crippen LogP contribution in [0.15, 0.2) is 21.1 Å². The number of rotatable bonds is 0. The topological polar surface area (TPSA) is 12.9 Å². The molecule has 88 valence electrons. The van der Waals surface area contributed by atoms with Crippen molar-refractivity contribution >= 4 is 54.4 Å². The largest absolute Gasteiger partial charge is 0.251 e. The maximum atomic E-state index is 6.52. The molecule has 0 radical (unpaired) electrons. The molecule has 1 aromatic carbocycles. The Morgan fingerprint density at radius 2 is 1.88 bits per heavy atom. The lowest BCUT2D eigenvalue weighted by Gasteiger charge is -2.18. The molecule has 0 fully saturated rings. The van der Waals surface area contributed by atoms with Crippen LogP contribution in [0, 0.1) is 0 Å². The van der Waals surface area contributed by atoms with Crippen LogP contribution >= 0.6 is 43.5 Å². The number of pyridine rings is 1. The van der Waals surface area contributed by atoms with E-state index < -0.39 is 0 Å². The van der Waals surface area contributed by atoms with Crippen LogP contribution in [0.5, 0.6) is 0 Å². The third-order valence-electron chi connectivity index (χ3n) is 3.22. The van der Waals surface area contributed by atoms with Crippen molar-refractivity contribution in [3.8, 4) is 0 Å². The standard InChI is InChI=1S/C13H10Br2ClN/c14-7-5-9-12(16)8-3-1-2-4-11(8)17-13(9)10(15)6-7/h5-6H,1-4H2. The van der Waals surface area contributed by atoms with E-state index in [9.17, 15) is 0 Å². The van der Waals surface area contributed by atoms with E-state index in [2.05, 4.69) is 31.9 Å². The Balaban J connectivity index is 2.40. The van der Waals surface area contributed by atoms with Crippen LogP contribution in [-0.2, 0) is 12.8 Å². The number of halogens is 3. The molecule has 17 heavy (non-hydrogen) atoms. The van der Waals surface area contributed by atoms with Gasteiger partial charge in [-0.15, -0.1) is 0 Å². The molecule has 0 atom stereocenters. The van der Waals surface area contributed by atoms with Crippen LogP contribution in [0.1, 0.15) is 24.1 Å². The van der Waals surface area contributed by atoms with Gasteiger partial charge in [0.25, 0.3) is 0 Å². The fourth-order valence-electron chi connectivity index (χ4n) is 2.39. The summed E-state index contributed by atoms with van der Waals surface area (Å²) in [5.41, 5.74) is 3.39. The molecular formula is C13H10Br2ClN. The van der Waals surface area contributed by atoms with Crippen molar-refractivity contribution in [3.05, 3.63) is 37.4 Å². The van der Waals surface area contributed by atoms with Crippen LogP contribution in [0.25, 0.3) is 10.9 Å². The highest BCUT2D eigenvalue weighted by Crippen LogP contribution is 2.37. The first-order chi connectivity index (χ1) is 8.16. The summed E-state index contributed by atoms with van der Waals surface area (Å²) in [6, 6.07) is 4.06. The van der Waals surface area contributed by atoms with Gasteiger partial charge in [-0.2, -0.15) is 0 Å². The molecule has 0 saturated heterocycles. The lowest BCUT2D eigenvalue weighted by Crippen LogP contribution is -2.06. The van der Waals surface area contributed by atoms with Crippen molar-refractivity contribution in [1.82, 2.24) is 4.98 Å². The first-order valence-corrected chi connectivity index (χ1v) is 7.59. The SMILES string of the molecule is Clc1c2c(nc3c(Br)cc(Br)cc13)CCCC2. The van der Waals surface area contributed by atoms with E-state index in [-0.39, 0.29) is 0 Å². The molecular weight excluding hydrogens is 365 g/mol. The number of benzene rings is 1. The molecule has 0 N–H and O–H groups in total. The van der Waals surface area contributed by atoms with Gasteiger partial charge in [-0.25, -0.2) is 0 Å². The van der Waals surface area contributed by atoms with Crippen molar-refractivity contribution in [3.63, 3.8) is 0 Å². The van der Waals surface area contributed by atoms with Crippen molar-refractivity contribution in [2.45, 2.75) is 25.7 Å². The Labute approximate surface area is 122 Å². The average molecular weight is 375 g/mol. The summed E-state index contributed by atoms with van der Waals surface area (Å²) in [4.78, 5) is 4.77. The van der Waals surface area contributed by atoms with Gasteiger partial charge in [0.15, 0.2) is 0 Å². The van der Waals surface area contributed by atoms with Crippen molar-refractivity contribution in [2.24, 2.45) is 0 Å². The van der Waals surface area contributed by atoms with Gasteiger partial charge in [0.05, 0.1) is 10.5 Å². The summed E-state index contributed by atoms with van der Waals surface area (Å²) >= 11 is 13.6. The lowest BCUT2D eigenvalue weighted by atomic mass is 9.94. The van der Waals surface area contributed by atoms with E-state index in [0.717, 1.165) is 37.7 Å². The molecule has 0 unspecified atom stereocenters. The fourth-order valence-corrected chi connectivity index (χ4v) is 4.06. The van der Waals surface area contributed by atoms with Crippen LogP contribution in [0.3, 0.4) is 0 Å². The summed E-state index contributed by atoms with van der Waals surface area (Å²) in [7, 11) is 0. The Bertz CT molecular complexity index is 610. The highest BCUT2D eigenvalue weighted by molar-refractivity contribution is 9.11. The van der Waals surface area contributed by atoms with Crippen LogP contribution in [0.2, 0.25) is 5.02 Å². The monoisotopic (exact) mass is 373 g/mol. The van der Waals surface area contributed by atoms with E-state index in [1.165, 1.54) is 24.1 Å². The zero-order valence-electron chi connectivity index (χ0n) is 9.06. The van der Waals surface area contributed by atoms with Gasteiger partial charge in [-0.3, -0.25) is 4.98 Å².